The van der Waals surface area contributed by atoms with Gasteiger partial charge in [-0.05, 0) is 36.2 Å². The number of hydrogen-bond donors (Lipinski definition) is 2. The number of nitro benzene ring substituents is 1. The van der Waals surface area contributed by atoms with Crippen LogP contribution in [0.3, 0.4) is 0 Å². The molecule has 0 fully saturated rings. The highest BCUT2D eigenvalue weighted by atomic mass is 16.6. The number of ether oxygens (including phenoxy) is 2. The maximum atomic E-state index is 12.6. The summed E-state index contributed by atoms with van der Waals surface area (Å²) < 4.78 is 10.7. The van der Waals surface area contributed by atoms with Crippen molar-refractivity contribution >= 4 is 22.5 Å². The van der Waals surface area contributed by atoms with Crippen molar-refractivity contribution in [3.05, 3.63) is 63.8 Å². The Morgan fingerprint density at radius 1 is 1.22 bits per heavy atom. The Morgan fingerprint density at radius 3 is 2.62 bits per heavy atom. The van der Waals surface area contributed by atoms with E-state index in [0.717, 1.165) is 6.42 Å². The Kier molecular flexibility index (Phi) is 7.09. The van der Waals surface area contributed by atoms with Gasteiger partial charge >= 0.3 is 0 Å². The highest BCUT2D eigenvalue weighted by Crippen LogP contribution is 2.41. The van der Waals surface area contributed by atoms with Crippen molar-refractivity contribution in [1.29, 1.82) is 0 Å². The van der Waals surface area contributed by atoms with Crippen LogP contribution in [-0.2, 0) is 4.79 Å². The third-order valence-corrected chi connectivity index (χ3v) is 5.18. The van der Waals surface area contributed by atoms with Gasteiger partial charge in [-0.1, -0.05) is 19.4 Å². The minimum absolute atomic E-state index is 0.0879. The van der Waals surface area contributed by atoms with E-state index in [1.54, 1.807) is 24.3 Å². The summed E-state index contributed by atoms with van der Waals surface area (Å²) in [6, 6.07) is 8.54. The first-order valence-electron chi connectivity index (χ1n) is 10.2. The summed E-state index contributed by atoms with van der Waals surface area (Å²) in [5, 5.41) is 25.9. The lowest BCUT2D eigenvalue weighted by Crippen LogP contribution is -2.29. The van der Waals surface area contributed by atoms with Gasteiger partial charge in [-0.25, -0.2) is 0 Å². The van der Waals surface area contributed by atoms with Crippen LogP contribution in [0.5, 0.6) is 17.2 Å². The summed E-state index contributed by atoms with van der Waals surface area (Å²) in [7, 11) is 2.99. The van der Waals surface area contributed by atoms with E-state index in [1.165, 1.54) is 32.5 Å². The molecule has 0 aliphatic rings. The molecule has 32 heavy (non-hydrogen) atoms. The average molecular weight is 439 g/mol. The number of pyridine rings is 1. The molecule has 3 rings (SSSR count). The number of fused-ring (bicyclic) bond motifs is 1. The number of carbonyl (C=O) groups is 1. The van der Waals surface area contributed by atoms with Gasteiger partial charge in [-0.2, -0.15) is 0 Å². The summed E-state index contributed by atoms with van der Waals surface area (Å²) >= 11 is 0. The van der Waals surface area contributed by atoms with E-state index in [9.17, 15) is 20.0 Å². The number of carbonyl (C=O) groups excluding carboxylic acids is 1. The van der Waals surface area contributed by atoms with Gasteiger partial charge in [0.2, 0.25) is 5.91 Å². The fourth-order valence-corrected chi connectivity index (χ4v) is 3.55. The first kappa shape index (κ1) is 22.8. The number of methoxy groups -OCH3 is 2. The molecule has 1 heterocycles. The Morgan fingerprint density at radius 2 is 1.97 bits per heavy atom. The molecule has 0 spiro atoms. The van der Waals surface area contributed by atoms with E-state index in [4.69, 9.17) is 9.47 Å². The smallest absolute Gasteiger partial charge is 0.279 e. The third kappa shape index (κ3) is 4.56. The summed E-state index contributed by atoms with van der Waals surface area (Å²) in [5.74, 6) is 0.435. The summed E-state index contributed by atoms with van der Waals surface area (Å²) in [4.78, 5) is 28.0. The first-order valence-corrected chi connectivity index (χ1v) is 10.2. The van der Waals surface area contributed by atoms with Crippen LogP contribution in [0.4, 0.5) is 5.69 Å². The lowest BCUT2D eigenvalue weighted by Gasteiger charge is -2.22. The second kappa shape index (κ2) is 9.95. The Balaban J connectivity index is 2.22. The van der Waals surface area contributed by atoms with Crippen LogP contribution in [-0.4, -0.2) is 35.1 Å². The SMILES string of the molecule is CCCCC(=O)N[C@H](c1ccc(OC)c(OC)c1)c1cc([N+](=O)[O-])c2cccnc2c1O. The molecule has 0 saturated heterocycles. The molecule has 0 unspecified atom stereocenters. The van der Waals surface area contributed by atoms with Gasteiger partial charge in [0, 0.05) is 24.2 Å². The molecule has 1 amide bonds. The molecule has 3 aromatic rings. The number of unbranched alkanes of at least 4 members (excludes halogenated alkanes) is 1. The minimum Gasteiger partial charge on any atom is -0.505 e. The molecule has 168 valence electrons. The summed E-state index contributed by atoms with van der Waals surface area (Å²) in [6.45, 7) is 1.98. The number of phenols is 1. The van der Waals surface area contributed by atoms with Crippen LogP contribution in [0.2, 0.25) is 0 Å². The van der Waals surface area contributed by atoms with Crippen LogP contribution < -0.4 is 14.8 Å². The fraction of sp³-hybridized carbons (Fsp3) is 0.304. The maximum absolute atomic E-state index is 12.6. The van der Waals surface area contributed by atoms with Crippen molar-refractivity contribution in [3.63, 3.8) is 0 Å². The predicted octanol–water partition coefficient (Wildman–Crippen LogP) is 4.26. The van der Waals surface area contributed by atoms with Gasteiger partial charge < -0.3 is 19.9 Å². The van der Waals surface area contributed by atoms with Crippen LogP contribution in [0.25, 0.3) is 10.9 Å². The van der Waals surface area contributed by atoms with Crippen molar-refractivity contribution in [2.45, 2.75) is 32.2 Å². The monoisotopic (exact) mass is 439 g/mol. The van der Waals surface area contributed by atoms with E-state index in [-0.39, 0.29) is 40.2 Å². The fourth-order valence-electron chi connectivity index (χ4n) is 3.55. The second-order valence-corrected chi connectivity index (χ2v) is 7.21. The minimum atomic E-state index is -0.871. The molecule has 0 aliphatic heterocycles. The molecule has 9 heteroatoms. The predicted molar refractivity (Wildman–Crippen MR) is 119 cm³/mol. The lowest BCUT2D eigenvalue weighted by atomic mass is 9.94. The normalized spacial score (nSPS) is 11.7. The molecule has 1 aromatic heterocycles. The number of aromatic hydroxyl groups is 1. The molecular formula is C23H25N3O6. The molecule has 1 atom stereocenters. The molecule has 0 bridgehead atoms. The molecule has 0 saturated carbocycles. The zero-order valence-corrected chi connectivity index (χ0v) is 18.1. The van der Waals surface area contributed by atoms with Crippen LogP contribution in [0, 0.1) is 10.1 Å². The van der Waals surface area contributed by atoms with E-state index in [1.807, 2.05) is 6.92 Å². The van der Waals surface area contributed by atoms with E-state index in [2.05, 4.69) is 10.3 Å². The van der Waals surface area contributed by atoms with Crippen molar-refractivity contribution in [3.8, 4) is 17.2 Å². The average Bonchev–Trinajstić information content (AvgIpc) is 2.81. The van der Waals surface area contributed by atoms with Gasteiger partial charge in [0.05, 0.1) is 30.6 Å². The van der Waals surface area contributed by atoms with Crippen LogP contribution in [0.1, 0.15) is 43.4 Å². The number of nitrogens with one attached hydrogen (secondary N) is 1. The lowest BCUT2D eigenvalue weighted by molar-refractivity contribution is -0.383. The number of hydrogen-bond acceptors (Lipinski definition) is 7. The van der Waals surface area contributed by atoms with Crippen molar-refractivity contribution in [1.82, 2.24) is 10.3 Å². The topological polar surface area (TPSA) is 124 Å². The molecule has 2 aromatic carbocycles. The second-order valence-electron chi connectivity index (χ2n) is 7.21. The molecule has 9 nitrogen and oxygen atoms in total. The van der Waals surface area contributed by atoms with Crippen molar-refractivity contribution in [2.24, 2.45) is 0 Å². The van der Waals surface area contributed by atoms with Gasteiger partial charge in [0.15, 0.2) is 11.5 Å². The summed E-state index contributed by atoms with van der Waals surface area (Å²) in [5.41, 5.74) is 0.603. The number of nitrogens with zero attached hydrogens (tertiary/aromatic N) is 2. The van der Waals surface area contributed by atoms with Gasteiger partial charge in [0.25, 0.3) is 5.69 Å². The largest absolute Gasteiger partial charge is 0.505 e. The quantitative estimate of drug-likeness (QED) is 0.377. The zero-order chi connectivity index (χ0) is 23.3. The Labute approximate surface area is 185 Å². The van der Waals surface area contributed by atoms with E-state index >= 15 is 0 Å². The highest BCUT2D eigenvalue weighted by Gasteiger charge is 2.27. The number of nitro groups is 1. The number of aromatic nitrogens is 1. The van der Waals surface area contributed by atoms with Gasteiger partial charge in [-0.3, -0.25) is 19.9 Å². The number of non-ortho nitro benzene ring substituents is 1. The van der Waals surface area contributed by atoms with E-state index < -0.39 is 11.0 Å². The van der Waals surface area contributed by atoms with Crippen molar-refractivity contribution in [2.75, 3.05) is 14.2 Å². The maximum Gasteiger partial charge on any atom is 0.279 e. The summed E-state index contributed by atoms with van der Waals surface area (Å²) in [6.07, 6.45) is 3.26. The van der Waals surface area contributed by atoms with Crippen LogP contribution >= 0.6 is 0 Å². The Bertz CT molecular complexity index is 1150. The number of amides is 1. The standard InChI is InChI=1S/C23H25N3O6/c1-4-5-8-20(27)25-21(14-9-10-18(31-2)19(12-14)32-3)16-13-17(26(29)30)15-7-6-11-24-22(15)23(16)28/h6-7,9-13,21,28H,4-5,8H2,1-3H3,(H,25,27)/t21-/m1/s1. The molecule has 0 radical (unpaired) electrons. The highest BCUT2D eigenvalue weighted by molar-refractivity contribution is 5.94. The van der Waals surface area contributed by atoms with Crippen LogP contribution in [0.15, 0.2) is 42.6 Å². The van der Waals surface area contributed by atoms with E-state index in [0.29, 0.717) is 23.5 Å². The van der Waals surface area contributed by atoms with Crippen molar-refractivity contribution < 1.29 is 24.3 Å². The molecule has 0 aliphatic carbocycles. The molecular weight excluding hydrogens is 414 g/mol. The first-order chi connectivity index (χ1) is 15.4. The third-order valence-electron chi connectivity index (χ3n) is 5.18. The Hall–Kier alpha value is -3.88. The number of phenolic OH excluding ortho intramolecular Hbond substituents is 1. The van der Waals surface area contributed by atoms with Gasteiger partial charge in [0.1, 0.15) is 11.3 Å². The number of benzene rings is 2. The molecule has 2 N–H and O–H groups in total. The van der Waals surface area contributed by atoms with Gasteiger partial charge in [-0.15, -0.1) is 0 Å². The zero-order valence-electron chi connectivity index (χ0n) is 18.1. The number of rotatable bonds is 9.